The van der Waals surface area contributed by atoms with Gasteiger partial charge in [-0.25, -0.2) is 0 Å². The summed E-state index contributed by atoms with van der Waals surface area (Å²) >= 11 is 0. The van der Waals surface area contributed by atoms with Gasteiger partial charge in [-0.3, -0.25) is 9.59 Å². The summed E-state index contributed by atoms with van der Waals surface area (Å²) in [6, 6.07) is 0. The van der Waals surface area contributed by atoms with Crippen LogP contribution in [0.3, 0.4) is 0 Å². The van der Waals surface area contributed by atoms with Crippen molar-refractivity contribution in [3.05, 3.63) is 0 Å². The van der Waals surface area contributed by atoms with E-state index in [0.717, 1.165) is 6.42 Å². The SMILES string of the molecule is CCC1C[C@H](C(=O)N2C[C@@H](O)[C@@H](O)C2)[C@H](C(=O)O)C1. The Balaban J connectivity index is 2.07. The second kappa shape index (κ2) is 5.46. The lowest BCUT2D eigenvalue weighted by Gasteiger charge is -2.22. The van der Waals surface area contributed by atoms with Gasteiger partial charge in [0.05, 0.1) is 24.0 Å². The minimum Gasteiger partial charge on any atom is -0.481 e. The first-order chi connectivity index (χ1) is 8.93. The molecule has 1 heterocycles. The molecule has 6 nitrogen and oxygen atoms in total. The number of aliphatic hydroxyl groups excluding tert-OH is 2. The summed E-state index contributed by atoms with van der Waals surface area (Å²) in [6.07, 6.45) is 0.167. The van der Waals surface area contributed by atoms with E-state index in [1.165, 1.54) is 4.90 Å². The molecule has 1 saturated carbocycles. The standard InChI is InChI=1S/C13H21NO5/c1-2-7-3-8(9(4-7)13(18)19)12(17)14-5-10(15)11(16)6-14/h7-11,15-16H,2-6H2,1H3,(H,18,19)/t7?,8-,9+,10-,11+/m0/s1. The van der Waals surface area contributed by atoms with Gasteiger partial charge in [0.25, 0.3) is 0 Å². The Morgan fingerprint density at radius 1 is 1.11 bits per heavy atom. The van der Waals surface area contributed by atoms with Crippen molar-refractivity contribution >= 4 is 11.9 Å². The first-order valence-corrected chi connectivity index (χ1v) is 6.81. The number of carboxylic acid groups (broad SMARTS) is 1. The number of β-amino-alcohol motifs (C(OH)–C–C–N with tert-alkyl or cyclic N) is 2. The van der Waals surface area contributed by atoms with E-state index in [0.29, 0.717) is 12.8 Å². The molecular weight excluding hydrogens is 250 g/mol. The summed E-state index contributed by atoms with van der Waals surface area (Å²) < 4.78 is 0. The summed E-state index contributed by atoms with van der Waals surface area (Å²) in [4.78, 5) is 25.0. The number of likely N-dealkylation sites (tertiary alicyclic amines) is 1. The zero-order chi connectivity index (χ0) is 14.2. The molecular formula is C13H21NO5. The lowest BCUT2D eigenvalue weighted by atomic mass is 9.95. The van der Waals surface area contributed by atoms with Crippen molar-refractivity contribution in [1.29, 1.82) is 0 Å². The molecule has 0 aromatic rings. The van der Waals surface area contributed by atoms with Gasteiger partial charge >= 0.3 is 5.97 Å². The lowest BCUT2D eigenvalue weighted by molar-refractivity contribution is -0.148. The number of rotatable bonds is 3. The number of amides is 1. The largest absolute Gasteiger partial charge is 0.481 e. The molecule has 0 spiro atoms. The molecule has 0 bridgehead atoms. The highest BCUT2D eigenvalue weighted by molar-refractivity contribution is 5.85. The maximum Gasteiger partial charge on any atom is 0.307 e. The third-order valence-corrected chi connectivity index (χ3v) is 4.44. The molecule has 0 radical (unpaired) electrons. The fourth-order valence-electron chi connectivity index (χ4n) is 3.21. The van der Waals surface area contributed by atoms with Crippen LogP contribution in [0.5, 0.6) is 0 Å². The minimum absolute atomic E-state index is 0.0969. The molecule has 3 N–H and O–H groups in total. The Labute approximate surface area is 112 Å². The molecule has 0 aromatic heterocycles. The number of nitrogens with zero attached hydrogens (tertiary/aromatic N) is 1. The highest BCUT2D eigenvalue weighted by Gasteiger charge is 2.45. The number of carbonyl (C=O) groups excluding carboxylic acids is 1. The van der Waals surface area contributed by atoms with Crippen molar-refractivity contribution in [3.63, 3.8) is 0 Å². The van der Waals surface area contributed by atoms with E-state index in [9.17, 15) is 24.9 Å². The topological polar surface area (TPSA) is 98.1 Å². The van der Waals surface area contributed by atoms with Gasteiger partial charge in [-0.15, -0.1) is 0 Å². The third-order valence-electron chi connectivity index (χ3n) is 4.44. The van der Waals surface area contributed by atoms with E-state index in [4.69, 9.17) is 0 Å². The smallest absolute Gasteiger partial charge is 0.307 e. The number of carboxylic acids is 1. The van der Waals surface area contributed by atoms with Crippen LogP contribution in [-0.4, -0.2) is 57.4 Å². The fraction of sp³-hybridized carbons (Fsp3) is 0.846. The molecule has 6 heteroatoms. The maximum absolute atomic E-state index is 12.4. The van der Waals surface area contributed by atoms with Gasteiger partial charge in [0.15, 0.2) is 0 Å². The Kier molecular flexibility index (Phi) is 4.10. The van der Waals surface area contributed by atoms with Crippen molar-refractivity contribution in [1.82, 2.24) is 4.90 Å². The third kappa shape index (κ3) is 2.74. The predicted molar refractivity (Wildman–Crippen MR) is 66.2 cm³/mol. The van der Waals surface area contributed by atoms with Crippen LogP contribution in [0.2, 0.25) is 0 Å². The highest BCUT2D eigenvalue weighted by Crippen LogP contribution is 2.39. The molecule has 5 atom stereocenters. The summed E-state index contributed by atoms with van der Waals surface area (Å²) in [7, 11) is 0. The number of hydrogen-bond acceptors (Lipinski definition) is 4. The second-order valence-electron chi connectivity index (χ2n) is 5.67. The van der Waals surface area contributed by atoms with E-state index in [2.05, 4.69) is 0 Å². The predicted octanol–water partition coefficient (Wildman–Crippen LogP) is -0.313. The van der Waals surface area contributed by atoms with Gasteiger partial charge < -0.3 is 20.2 Å². The molecule has 1 aliphatic carbocycles. The first kappa shape index (κ1) is 14.3. The number of hydrogen-bond donors (Lipinski definition) is 3. The van der Waals surface area contributed by atoms with E-state index in [-0.39, 0.29) is 24.9 Å². The van der Waals surface area contributed by atoms with Crippen LogP contribution in [0.4, 0.5) is 0 Å². The van der Waals surface area contributed by atoms with E-state index in [1.807, 2.05) is 6.92 Å². The fourth-order valence-corrected chi connectivity index (χ4v) is 3.21. The van der Waals surface area contributed by atoms with Crippen LogP contribution in [0.1, 0.15) is 26.2 Å². The molecule has 19 heavy (non-hydrogen) atoms. The van der Waals surface area contributed by atoms with Crippen molar-refractivity contribution in [2.24, 2.45) is 17.8 Å². The molecule has 2 fully saturated rings. The Hall–Kier alpha value is -1.14. The van der Waals surface area contributed by atoms with Crippen LogP contribution in [0.25, 0.3) is 0 Å². The van der Waals surface area contributed by atoms with Gasteiger partial charge in [-0.05, 0) is 18.8 Å². The maximum atomic E-state index is 12.4. The van der Waals surface area contributed by atoms with Crippen molar-refractivity contribution in [2.75, 3.05) is 13.1 Å². The van der Waals surface area contributed by atoms with E-state index < -0.39 is 30.0 Å². The van der Waals surface area contributed by atoms with Gasteiger partial charge in [0.1, 0.15) is 0 Å². The van der Waals surface area contributed by atoms with E-state index in [1.54, 1.807) is 0 Å². The lowest BCUT2D eigenvalue weighted by Crippen LogP contribution is -2.38. The zero-order valence-electron chi connectivity index (χ0n) is 11.0. The monoisotopic (exact) mass is 271 g/mol. The summed E-state index contributed by atoms with van der Waals surface area (Å²) in [5.74, 6) is -2.03. The van der Waals surface area contributed by atoms with Gasteiger partial charge in [0, 0.05) is 13.1 Å². The van der Waals surface area contributed by atoms with Crippen LogP contribution in [-0.2, 0) is 9.59 Å². The average molecular weight is 271 g/mol. The quantitative estimate of drug-likeness (QED) is 0.654. The molecule has 1 saturated heterocycles. The summed E-state index contributed by atoms with van der Waals surface area (Å²) in [5.41, 5.74) is 0. The van der Waals surface area contributed by atoms with Crippen LogP contribution >= 0.6 is 0 Å². The molecule has 108 valence electrons. The van der Waals surface area contributed by atoms with Crippen LogP contribution in [0.15, 0.2) is 0 Å². The normalized spacial score (nSPS) is 38.7. The minimum atomic E-state index is -0.922. The van der Waals surface area contributed by atoms with Gasteiger partial charge in [0.2, 0.25) is 5.91 Å². The number of carbonyl (C=O) groups is 2. The van der Waals surface area contributed by atoms with Gasteiger partial charge in [-0.2, -0.15) is 0 Å². The first-order valence-electron chi connectivity index (χ1n) is 6.81. The zero-order valence-corrected chi connectivity index (χ0v) is 11.0. The molecule has 2 aliphatic rings. The average Bonchev–Trinajstić information content (AvgIpc) is 2.93. The second-order valence-corrected chi connectivity index (χ2v) is 5.67. The highest BCUT2D eigenvalue weighted by atomic mass is 16.4. The molecule has 1 unspecified atom stereocenters. The number of aliphatic carboxylic acids is 1. The summed E-state index contributed by atoms with van der Waals surface area (Å²) in [5, 5.41) is 28.2. The van der Waals surface area contributed by atoms with Crippen molar-refractivity contribution in [2.45, 2.75) is 38.4 Å². The van der Waals surface area contributed by atoms with E-state index >= 15 is 0 Å². The van der Waals surface area contributed by atoms with Crippen molar-refractivity contribution < 1.29 is 24.9 Å². The molecule has 1 amide bonds. The van der Waals surface area contributed by atoms with Gasteiger partial charge in [-0.1, -0.05) is 13.3 Å². The number of aliphatic hydroxyl groups is 2. The molecule has 1 aliphatic heterocycles. The van der Waals surface area contributed by atoms with Crippen LogP contribution in [0, 0.1) is 17.8 Å². The Morgan fingerprint density at radius 3 is 2.11 bits per heavy atom. The molecule has 2 rings (SSSR count). The van der Waals surface area contributed by atoms with Crippen molar-refractivity contribution in [3.8, 4) is 0 Å². The Morgan fingerprint density at radius 2 is 1.63 bits per heavy atom. The summed E-state index contributed by atoms with van der Waals surface area (Å²) in [6.45, 7) is 2.19. The molecule has 0 aromatic carbocycles. The van der Waals surface area contributed by atoms with Crippen LogP contribution < -0.4 is 0 Å². The Bertz CT molecular complexity index is 362.